The first-order valence-electron chi connectivity index (χ1n) is 8.99. The molecule has 0 aromatic heterocycles. The lowest BCUT2D eigenvalue weighted by Crippen LogP contribution is -2.47. The second-order valence-electron chi connectivity index (χ2n) is 6.83. The molecular formula is C21H22N2O4. The van der Waals surface area contributed by atoms with Crippen molar-refractivity contribution in [3.63, 3.8) is 0 Å². The number of carbonyl (C=O) groups excluding carboxylic acids is 2. The van der Waals surface area contributed by atoms with Crippen molar-refractivity contribution in [3.05, 3.63) is 66.9 Å². The smallest absolute Gasteiger partial charge is 0.331 e. The second kappa shape index (κ2) is 6.95. The van der Waals surface area contributed by atoms with E-state index in [1.54, 1.807) is 0 Å². The lowest BCUT2D eigenvalue weighted by molar-refractivity contribution is -0.153. The number of allylic oxidation sites excluding steroid dienone is 4. The number of hydrogen-bond acceptors (Lipinski definition) is 6. The predicted octanol–water partition coefficient (Wildman–Crippen LogP) is 2.31. The third-order valence-electron chi connectivity index (χ3n) is 5.54. The van der Waals surface area contributed by atoms with Crippen LogP contribution in [0, 0.1) is 17.8 Å². The normalized spacial score (nSPS) is 30.7. The van der Waals surface area contributed by atoms with Gasteiger partial charge in [0.2, 0.25) is 0 Å². The zero-order chi connectivity index (χ0) is 19.0. The van der Waals surface area contributed by atoms with Gasteiger partial charge in [-0.25, -0.2) is 4.79 Å². The number of hydrazine groups is 1. The van der Waals surface area contributed by atoms with Crippen LogP contribution in [0.3, 0.4) is 0 Å². The largest absolute Gasteiger partial charge is 0.469 e. The van der Waals surface area contributed by atoms with Crippen LogP contribution in [0.15, 0.2) is 66.9 Å². The Morgan fingerprint density at radius 2 is 1.63 bits per heavy atom. The van der Waals surface area contributed by atoms with Gasteiger partial charge in [0.1, 0.15) is 5.92 Å². The number of rotatable bonds is 3. The summed E-state index contributed by atoms with van der Waals surface area (Å²) in [6.45, 7) is 0. The summed E-state index contributed by atoms with van der Waals surface area (Å²) in [5.74, 6) is -1.29. The Kier molecular flexibility index (Phi) is 4.48. The van der Waals surface area contributed by atoms with E-state index in [0.717, 1.165) is 5.69 Å². The Labute approximate surface area is 158 Å². The summed E-state index contributed by atoms with van der Waals surface area (Å²) in [5, 5.41) is 3.85. The first-order valence-corrected chi connectivity index (χ1v) is 8.99. The summed E-state index contributed by atoms with van der Waals surface area (Å²) >= 11 is 0. The van der Waals surface area contributed by atoms with Crippen molar-refractivity contribution < 1.29 is 19.1 Å². The molecule has 0 amide bonds. The van der Waals surface area contributed by atoms with E-state index in [2.05, 4.69) is 18.2 Å². The number of para-hydroxylation sites is 1. The molecule has 2 heterocycles. The SMILES string of the molecule is COC(=O)[C@H]1[C@H]2C3C=CC=CC3C=CN2N(c2ccccc2)[C@H]1C(=O)OC. The molecule has 2 aliphatic heterocycles. The first-order chi connectivity index (χ1) is 13.2. The van der Waals surface area contributed by atoms with E-state index in [0.29, 0.717) is 0 Å². The van der Waals surface area contributed by atoms with Crippen molar-refractivity contribution in [2.75, 3.05) is 19.2 Å². The molecule has 5 atom stereocenters. The fraction of sp³-hybridized carbons (Fsp3) is 0.333. The highest BCUT2D eigenvalue weighted by Gasteiger charge is 2.58. The highest BCUT2D eigenvalue weighted by Crippen LogP contribution is 2.45. The Morgan fingerprint density at radius 1 is 0.926 bits per heavy atom. The number of benzene rings is 1. The molecule has 6 nitrogen and oxygen atoms in total. The van der Waals surface area contributed by atoms with Gasteiger partial charge in [0.05, 0.1) is 25.9 Å². The quantitative estimate of drug-likeness (QED) is 0.765. The molecule has 0 N–H and O–H groups in total. The van der Waals surface area contributed by atoms with Crippen molar-refractivity contribution in [3.8, 4) is 0 Å². The Morgan fingerprint density at radius 3 is 2.33 bits per heavy atom. The minimum absolute atomic E-state index is 0.0602. The summed E-state index contributed by atoms with van der Waals surface area (Å²) in [6, 6.07) is 8.54. The minimum atomic E-state index is -0.794. The molecule has 1 aliphatic carbocycles. The van der Waals surface area contributed by atoms with Gasteiger partial charge in [-0.05, 0) is 12.1 Å². The average Bonchev–Trinajstić information content (AvgIpc) is 3.08. The van der Waals surface area contributed by atoms with E-state index in [4.69, 9.17) is 9.47 Å². The van der Waals surface area contributed by atoms with Gasteiger partial charge < -0.3 is 9.47 Å². The van der Waals surface area contributed by atoms with Crippen LogP contribution in [0.5, 0.6) is 0 Å². The molecule has 0 saturated carbocycles. The number of fused-ring (bicyclic) bond motifs is 3. The Hall–Kier alpha value is -3.02. The number of methoxy groups -OCH3 is 2. The van der Waals surface area contributed by atoms with Crippen molar-refractivity contribution in [2.45, 2.75) is 12.1 Å². The summed E-state index contributed by atoms with van der Waals surface area (Å²) in [7, 11) is 2.71. The number of hydrogen-bond donors (Lipinski definition) is 0. The maximum atomic E-state index is 12.8. The number of ether oxygens (including phenoxy) is 2. The average molecular weight is 366 g/mol. The van der Waals surface area contributed by atoms with Crippen molar-refractivity contribution in [2.24, 2.45) is 17.8 Å². The molecule has 4 rings (SSSR count). The Bertz CT molecular complexity index is 817. The molecule has 6 heteroatoms. The predicted molar refractivity (Wildman–Crippen MR) is 100 cm³/mol. The third-order valence-corrected chi connectivity index (χ3v) is 5.54. The lowest BCUT2D eigenvalue weighted by Gasteiger charge is -2.41. The molecule has 27 heavy (non-hydrogen) atoms. The van der Waals surface area contributed by atoms with E-state index in [9.17, 15) is 9.59 Å². The van der Waals surface area contributed by atoms with Gasteiger partial charge in [-0.15, -0.1) is 0 Å². The highest BCUT2D eigenvalue weighted by atomic mass is 16.5. The minimum Gasteiger partial charge on any atom is -0.469 e. The van der Waals surface area contributed by atoms with E-state index in [1.807, 2.05) is 58.7 Å². The highest BCUT2D eigenvalue weighted by molar-refractivity contribution is 5.89. The van der Waals surface area contributed by atoms with Crippen LogP contribution in [0.4, 0.5) is 5.69 Å². The van der Waals surface area contributed by atoms with Gasteiger partial charge in [0, 0.05) is 18.0 Å². The molecule has 1 aromatic carbocycles. The standard InChI is InChI=1S/C21H22N2O4/c1-26-20(24)17-18-16-11-7-6-8-14(16)12-13-22(18)23(19(17)21(25)27-2)15-9-4-3-5-10-15/h3-14,16-19H,1-2H3/t14?,16?,17-,18+,19+/m0/s1. The maximum Gasteiger partial charge on any atom is 0.331 e. The van der Waals surface area contributed by atoms with Crippen LogP contribution >= 0.6 is 0 Å². The summed E-state index contributed by atoms with van der Waals surface area (Å²) in [4.78, 5) is 25.6. The van der Waals surface area contributed by atoms with Gasteiger partial charge in [0.25, 0.3) is 0 Å². The Balaban J connectivity index is 1.87. The molecule has 2 unspecified atom stereocenters. The molecule has 3 aliphatic rings. The van der Waals surface area contributed by atoms with Gasteiger partial charge in [0.15, 0.2) is 6.04 Å². The van der Waals surface area contributed by atoms with E-state index in [-0.39, 0.29) is 17.9 Å². The molecule has 1 aromatic rings. The van der Waals surface area contributed by atoms with Crippen molar-refractivity contribution in [1.29, 1.82) is 0 Å². The van der Waals surface area contributed by atoms with Gasteiger partial charge >= 0.3 is 11.9 Å². The van der Waals surface area contributed by atoms with Gasteiger partial charge in [-0.1, -0.05) is 48.6 Å². The van der Waals surface area contributed by atoms with Crippen LogP contribution in [-0.4, -0.2) is 43.3 Å². The van der Waals surface area contributed by atoms with Crippen LogP contribution in [0.2, 0.25) is 0 Å². The molecule has 1 saturated heterocycles. The van der Waals surface area contributed by atoms with Crippen LogP contribution in [-0.2, 0) is 19.1 Å². The number of anilines is 1. The van der Waals surface area contributed by atoms with Gasteiger partial charge in [-0.3, -0.25) is 14.8 Å². The van der Waals surface area contributed by atoms with E-state index < -0.39 is 23.9 Å². The molecule has 0 bridgehead atoms. The molecule has 0 radical (unpaired) electrons. The van der Waals surface area contributed by atoms with E-state index in [1.165, 1.54) is 14.2 Å². The lowest BCUT2D eigenvalue weighted by atomic mass is 9.75. The van der Waals surface area contributed by atoms with Crippen LogP contribution in [0.25, 0.3) is 0 Å². The molecule has 1 fully saturated rings. The summed E-state index contributed by atoms with van der Waals surface area (Å²) < 4.78 is 10.2. The molecule has 0 spiro atoms. The fourth-order valence-corrected chi connectivity index (χ4v) is 4.39. The van der Waals surface area contributed by atoms with Crippen LogP contribution < -0.4 is 5.01 Å². The van der Waals surface area contributed by atoms with Gasteiger partial charge in [-0.2, -0.15) is 0 Å². The number of nitrogens with zero attached hydrogens (tertiary/aromatic N) is 2. The molecular weight excluding hydrogens is 344 g/mol. The van der Waals surface area contributed by atoms with Crippen LogP contribution in [0.1, 0.15) is 0 Å². The fourth-order valence-electron chi connectivity index (χ4n) is 4.39. The monoisotopic (exact) mass is 366 g/mol. The van der Waals surface area contributed by atoms with Crippen molar-refractivity contribution >= 4 is 17.6 Å². The summed E-state index contributed by atoms with van der Waals surface area (Å²) in [5.41, 5.74) is 0.822. The maximum absolute atomic E-state index is 12.8. The third kappa shape index (κ3) is 2.72. The zero-order valence-corrected chi connectivity index (χ0v) is 15.3. The number of esters is 2. The van der Waals surface area contributed by atoms with Crippen molar-refractivity contribution in [1.82, 2.24) is 5.01 Å². The number of carbonyl (C=O) groups is 2. The zero-order valence-electron chi connectivity index (χ0n) is 15.3. The second-order valence-corrected chi connectivity index (χ2v) is 6.83. The first kappa shape index (κ1) is 17.4. The summed E-state index contributed by atoms with van der Waals surface area (Å²) in [6.07, 6.45) is 12.3. The molecule has 140 valence electrons. The topological polar surface area (TPSA) is 59.1 Å². The van der Waals surface area contributed by atoms with E-state index >= 15 is 0 Å².